The monoisotopic (exact) mass is 300 g/mol. The van der Waals surface area contributed by atoms with Gasteiger partial charge in [0.1, 0.15) is 11.6 Å². The van der Waals surface area contributed by atoms with Crippen LogP contribution in [0.2, 0.25) is 0 Å². The Bertz CT molecular complexity index is 443. The predicted molar refractivity (Wildman–Crippen MR) is 81.5 cm³/mol. The first-order valence-corrected chi connectivity index (χ1v) is 6.79. The third kappa shape index (κ3) is 5.81. The van der Waals surface area contributed by atoms with Crippen LogP contribution in [-0.4, -0.2) is 43.8 Å². The van der Waals surface area contributed by atoms with Crippen molar-refractivity contribution in [1.29, 1.82) is 0 Å². The van der Waals surface area contributed by atoms with Gasteiger partial charge < -0.3 is 15.2 Å². The molecule has 2 N–H and O–H groups in total. The summed E-state index contributed by atoms with van der Waals surface area (Å²) in [5.74, 6) is 0.236. The number of nitrogens with zero attached hydrogens (tertiary/aromatic N) is 1. The number of hydrogen-bond acceptors (Lipinski definition) is 4. The van der Waals surface area contributed by atoms with Crippen molar-refractivity contribution in [2.75, 3.05) is 33.9 Å². The van der Waals surface area contributed by atoms with E-state index in [0.29, 0.717) is 49.0 Å². The molecule has 0 bridgehead atoms. The largest absolute Gasteiger partial charge is 0.497 e. The fourth-order valence-corrected chi connectivity index (χ4v) is 1.87. The Hall–Kier alpha value is -1.24. The van der Waals surface area contributed by atoms with Gasteiger partial charge in [-0.1, -0.05) is 18.3 Å². The van der Waals surface area contributed by atoms with Gasteiger partial charge in [-0.2, -0.15) is 0 Å². The fourth-order valence-electron chi connectivity index (χ4n) is 1.78. The molecular weight excluding hydrogens is 279 g/mol. The van der Waals surface area contributed by atoms with E-state index in [1.54, 1.807) is 19.2 Å². The smallest absolute Gasteiger partial charge is 0.131 e. The molecule has 1 rings (SSSR count). The van der Waals surface area contributed by atoms with E-state index in [1.807, 2.05) is 0 Å². The maximum Gasteiger partial charge on any atom is 0.131 e. The minimum absolute atomic E-state index is 0.276. The van der Waals surface area contributed by atoms with E-state index < -0.39 is 0 Å². The number of halogens is 1. The molecule has 0 aliphatic carbocycles. The molecule has 0 unspecified atom stereocenters. The van der Waals surface area contributed by atoms with Gasteiger partial charge in [0, 0.05) is 44.8 Å². The van der Waals surface area contributed by atoms with E-state index in [4.69, 9.17) is 27.4 Å². The van der Waals surface area contributed by atoms with Crippen molar-refractivity contribution in [3.8, 4) is 5.75 Å². The molecule has 1 aromatic carbocycles. The molecule has 0 radical (unpaired) electrons. The summed E-state index contributed by atoms with van der Waals surface area (Å²) in [6, 6.07) is 4.87. The Morgan fingerprint density at radius 3 is 2.65 bits per heavy atom. The second-order valence-corrected chi connectivity index (χ2v) is 4.97. The van der Waals surface area contributed by atoms with E-state index in [9.17, 15) is 4.39 Å². The van der Waals surface area contributed by atoms with Gasteiger partial charge in [0.25, 0.3) is 0 Å². The van der Waals surface area contributed by atoms with Gasteiger partial charge in [0.05, 0.1) is 18.7 Å². The molecule has 112 valence electrons. The van der Waals surface area contributed by atoms with E-state index >= 15 is 0 Å². The highest BCUT2D eigenvalue weighted by Crippen LogP contribution is 2.17. The standard InChI is InChI=1S/C14H21FN2O2S/c1-18-8-7-17(6-5-14(16)20)10-11-3-4-12(19-2)9-13(11)15/h3-4,9H,5-8,10H2,1-2H3,(H2,16,20). The lowest BCUT2D eigenvalue weighted by Crippen LogP contribution is -2.30. The quantitative estimate of drug-likeness (QED) is 0.707. The molecule has 0 aliphatic rings. The van der Waals surface area contributed by atoms with Crippen LogP contribution >= 0.6 is 12.2 Å². The molecule has 0 amide bonds. The maximum absolute atomic E-state index is 13.9. The zero-order valence-electron chi connectivity index (χ0n) is 11.9. The third-order valence-corrected chi connectivity index (χ3v) is 3.14. The zero-order valence-corrected chi connectivity index (χ0v) is 12.7. The summed E-state index contributed by atoms with van der Waals surface area (Å²) >= 11 is 4.88. The van der Waals surface area contributed by atoms with Crippen molar-refractivity contribution in [1.82, 2.24) is 4.90 Å². The average molecular weight is 300 g/mol. The van der Waals surface area contributed by atoms with Crippen molar-refractivity contribution in [3.63, 3.8) is 0 Å². The van der Waals surface area contributed by atoms with Crippen LogP contribution in [0.5, 0.6) is 5.75 Å². The van der Waals surface area contributed by atoms with Gasteiger partial charge in [-0.15, -0.1) is 0 Å². The Morgan fingerprint density at radius 2 is 2.10 bits per heavy atom. The lowest BCUT2D eigenvalue weighted by atomic mass is 10.2. The lowest BCUT2D eigenvalue weighted by molar-refractivity contribution is 0.145. The molecule has 0 heterocycles. The molecule has 0 saturated carbocycles. The fraction of sp³-hybridized carbons (Fsp3) is 0.500. The topological polar surface area (TPSA) is 47.7 Å². The summed E-state index contributed by atoms with van der Waals surface area (Å²) in [4.78, 5) is 2.52. The number of hydrogen-bond donors (Lipinski definition) is 1. The minimum Gasteiger partial charge on any atom is -0.497 e. The second-order valence-electron chi connectivity index (χ2n) is 4.44. The van der Waals surface area contributed by atoms with Crippen LogP contribution in [0.1, 0.15) is 12.0 Å². The van der Waals surface area contributed by atoms with Crippen molar-refractivity contribution in [2.24, 2.45) is 5.73 Å². The average Bonchev–Trinajstić information content (AvgIpc) is 2.43. The lowest BCUT2D eigenvalue weighted by Gasteiger charge is -2.22. The number of methoxy groups -OCH3 is 2. The summed E-state index contributed by atoms with van der Waals surface area (Å²) in [5, 5.41) is 0. The van der Waals surface area contributed by atoms with Crippen LogP contribution in [0.3, 0.4) is 0 Å². The Labute approximate surface area is 124 Å². The van der Waals surface area contributed by atoms with Crippen LogP contribution < -0.4 is 10.5 Å². The summed E-state index contributed by atoms with van der Waals surface area (Å²) in [5.41, 5.74) is 6.13. The van der Waals surface area contributed by atoms with E-state index in [0.717, 1.165) is 0 Å². The highest BCUT2D eigenvalue weighted by atomic mass is 32.1. The van der Waals surface area contributed by atoms with Gasteiger partial charge >= 0.3 is 0 Å². The molecule has 0 aromatic heterocycles. The van der Waals surface area contributed by atoms with Crippen molar-refractivity contribution >= 4 is 17.2 Å². The summed E-state index contributed by atoms with van der Waals surface area (Å²) < 4.78 is 24.0. The van der Waals surface area contributed by atoms with Crippen molar-refractivity contribution < 1.29 is 13.9 Å². The van der Waals surface area contributed by atoms with E-state index in [-0.39, 0.29) is 5.82 Å². The van der Waals surface area contributed by atoms with Crippen LogP contribution in [0.4, 0.5) is 4.39 Å². The molecule has 0 aliphatic heterocycles. The molecule has 4 nitrogen and oxygen atoms in total. The third-order valence-electron chi connectivity index (χ3n) is 2.94. The summed E-state index contributed by atoms with van der Waals surface area (Å²) in [6.07, 6.45) is 0.608. The van der Waals surface area contributed by atoms with Crippen LogP contribution in [0, 0.1) is 5.82 Å². The predicted octanol–water partition coefficient (Wildman–Crippen LogP) is 1.96. The molecule has 1 aromatic rings. The number of rotatable bonds is 9. The second kappa shape index (κ2) is 8.84. The van der Waals surface area contributed by atoms with Gasteiger partial charge in [-0.25, -0.2) is 4.39 Å². The first-order chi connectivity index (χ1) is 9.56. The molecule has 20 heavy (non-hydrogen) atoms. The van der Waals surface area contributed by atoms with Crippen LogP contribution in [-0.2, 0) is 11.3 Å². The van der Waals surface area contributed by atoms with Crippen LogP contribution in [0.15, 0.2) is 18.2 Å². The Balaban J connectivity index is 2.69. The summed E-state index contributed by atoms with van der Waals surface area (Å²) in [7, 11) is 3.15. The highest BCUT2D eigenvalue weighted by molar-refractivity contribution is 7.80. The molecular formula is C14H21FN2O2S. The minimum atomic E-state index is -0.276. The first kappa shape index (κ1) is 16.8. The number of ether oxygens (including phenoxy) is 2. The SMILES string of the molecule is COCCN(CCC(N)=S)Cc1ccc(OC)cc1F. The van der Waals surface area contributed by atoms with Crippen LogP contribution in [0.25, 0.3) is 0 Å². The van der Waals surface area contributed by atoms with Crippen molar-refractivity contribution in [3.05, 3.63) is 29.6 Å². The molecule has 0 fully saturated rings. The Kier molecular flexibility index (Phi) is 7.43. The first-order valence-electron chi connectivity index (χ1n) is 6.38. The van der Waals surface area contributed by atoms with Crippen molar-refractivity contribution in [2.45, 2.75) is 13.0 Å². The molecule has 6 heteroatoms. The highest BCUT2D eigenvalue weighted by Gasteiger charge is 2.10. The number of benzene rings is 1. The zero-order chi connectivity index (χ0) is 15.0. The normalized spacial score (nSPS) is 10.8. The number of thiocarbonyl (C=S) groups is 1. The van der Waals surface area contributed by atoms with E-state index in [2.05, 4.69) is 4.90 Å². The maximum atomic E-state index is 13.9. The molecule has 0 atom stereocenters. The van der Waals surface area contributed by atoms with Gasteiger partial charge in [-0.3, -0.25) is 4.90 Å². The Morgan fingerprint density at radius 1 is 1.35 bits per heavy atom. The van der Waals surface area contributed by atoms with E-state index in [1.165, 1.54) is 13.2 Å². The van der Waals surface area contributed by atoms with Gasteiger partial charge in [0.15, 0.2) is 0 Å². The number of nitrogens with two attached hydrogens (primary N) is 1. The van der Waals surface area contributed by atoms with Gasteiger partial charge in [-0.05, 0) is 6.07 Å². The molecule has 0 saturated heterocycles. The summed E-state index contributed by atoms with van der Waals surface area (Å²) in [6.45, 7) is 2.45. The molecule has 0 spiro atoms. The van der Waals surface area contributed by atoms with Gasteiger partial charge in [0.2, 0.25) is 0 Å².